The number of nitrogens with two attached hydrogens (primary N) is 1. The third kappa shape index (κ3) is 3.91. The van der Waals surface area contributed by atoms with Gasteiger partial charge >= 0.3 is 6.03 Å². The number of nitrogens with one attached hydrogen (secondary N) is 3. The maximum atomic E-state index is 12.3. The predicted molar refractivity (Wildman–Crippen MR) is 78.0 cm³/mol. The zero-order valence-electron chi connectivity index (χ0n) is 11.4. The fraction of sp³-hybridized carbons (Fsp3) is 0.583. The van der Waals surface area contributed by atoms with Gasteiger partial charge in [-0.1, -0.05) is 6.42 Å². The van der Waals surface area contributed by atoms with E-state index in [9.17, 15) is 9.59 Å². The van der Waals surface area contributed by atoms with Crippen molar-refractivity contribution in [2.75, 3.05) is 18.4 Å². The smallest absolute Gasteiger partial charge is 0.317 e. The van der Waals surface area contributed by atoms with Gasteiger partial charge in [-0.25, -0.2) is 9.78 Å². The molecule has 1 aliphatic rings. The molecule has 0 bridgehead atoms. The van der Waals surface area contributed by atoms with E-state index in [1.807, 2.05) is 0 Å². The van der Waals surface area contributed by atoms with E-state index in [1.165, 1.54) is 11.3 Å². The van der Waals surface area contributed by atoms with Gasteiger partial charge in [-0.3, -0.25) is 10.1 Å². The van der Waals surface area contributed by atoms with E-state index in [2.05, 4.69) is 20.9 Å². The Balaban J connectivity index is 2.06. The minimum Gasteiger partial charge on any atom is -0.351 e. The normalized spacial score (nSPS) is 19.1. The van der Waals surface area contributed by atoms with Crippen LogP contribution in [0.3, 0.4) is 0 Å². The Hall–Kier alpha value is -1.67. The highest BCUT2D eigenvalue weighted by atomic mass is 32.1. The Morgan fingerprint density at radius 2 is 2.25 bits per heavy atom. The fourth-order valence-electron chi connectivity index (χ4n) is 2.17. The average molecular weight is 297 g/mol. The first-order chi connectivity index (χ1) is 9.56. The molecular formula is C12H19N5O2S. The molecular weight excluding hydrogens is 278 g/mol. The van der Waals surface area contributed by atoms with Gasteiger partial charge in [-0.05, 0) is 26.3 Å². The third-order valence-corrected chi connectivity index (χ3v) is 3.95. The van der Waals surface area contributed by atoms with Crippen molar-refractivity contribution in [1.82, 2.24) is 15.6 Å². The second kappa shape index (κ2) is 6.67. The summed E-state index contributed by atoms with van der Waals surface area (Å²) in [7, 11) is 0. The Morgan fingerprint density at radius 1 is 1.45 bits per heavy atom. The van der Waals surface area contributed by atoms with Gasteiger partial charge in [0.25, 0.3) is 5.91 Å². The molecule has 0 unspecified atom stereocenters. The molecule has 1 atom stereocenters. The first-order valence-electron chi connectivity index (χ1n) is 6.61. The number of primary amides is 1. The molecule has 2 rings (SSSR count). The van der Waals surface area contributed by atoms with Gasteiger partial charge in [0.1, 0.15) is 5.00 Å². The van der Waals surface area contributed by atoms with E-state index in [-0.39, 0.29) is 17.6 Å². The number of aromatic nitrogens is 1. The van der Waals surface area contributed by atoms with E-state index < -0.39 is 6.03 Å². The molecule has 0 aliphatic carbocycles. The van der Waals surface area contributed by atoms with Crippen LogP contribution < -0.4 is 21.7 Å². The minimum atomic E-state index is -0.696. The van der Waals surface area contributed by atoms with Gasteiger partial charge in [0.2, 0.25) is 0 Å². The molecule has 1 fully saturated rings. The summed E-state index contributed by atoms with van der Waals surface area (Å²) in [6.07, 6.45) is 3.15. The number of rotatable bonds is 3. The highest BCUT2D eigenvalue weighted by Crippen LogP contribution is 2.24. The molecule has 0 radical (unpaired) electrons. The summed E-state index contributed by atoms with van der Waals surface area (Å²) in [6.45, 7) is 3.52. The van der Waals surface area contributed by atoms with E-state index in [4.69, 9.17) is 5.73 Å². The lowest BCUT2D eigenvalue weighted by Crippen LogP contribution is -2.41. The van der Waals surface area contributed by atoms with E-state index >= 15 is 0 Å². The monoisotopic (exact) mass is 297 g/mol. The van der Waals surface area contributed by atoms with E-state index in [1.54, 1.807) is 6.92 Å². The van der Waals surface area contributed by atoms with Gasteiger partial charge in [-0.2, -0.15) is 0 Å². The molecule has 1 aromatic rings. The molecule has 5 N–H and O–H groups in total. The van der Waals surface area contributed by atoms with Crippen molar-refractivity contribution in [2.24, 2.45) is 5.73 Å². The number of hydrogen-bond donors (Lipinski definition) is 4. The average Bonchev–Trinajstić information content (AvgIpc) is 2.59. The van der Waals surface area contributed by atoms with Crippen molar-refractivity contribution in [3.05, 3.63) is 10.7 Å². The minimum absolute atomic E-state index is 0.0911. The van der Waals surface area contributed by atoms with Crippen LogP contribution in [0.4, 0.5) is 9.80 Å². The van der Waals surface area contributed by atoms with Gasteiger partial charge < -0.3 is 16.4 Å². The van der Waals surface area contributed by atoms with E-state index in [0.29, 0.717) is 10.0 Å². The van der Waals surface area contributed by atoms with Gasteiger partial charge in [0, 0.05) is 12.6 Å². The maximum absolute atomic E-state index is 12.3. The zero-order valence-corrected chi connectivity index (χ0v) is 12.2. The number of carbonyl (C=O) groups is 2. The molecule has 0 saturated carbocycles. The summed E-state index contributed by atoms with van der Waals surface area (Å²) in [6, 6.07) is -0.604. The number of aryl methyl sites for hydroxylation is 1. The van der Waals surface area contributed by atoms with Crippen LogP contribution in [0.2, 0.25) is 0 Å². The van der Waals surface area contributed by atoms with Crippen molar-refractivity contribution in [1.29, 1.82) is 0 Å². The number of nitrogens with zero attached hydrogens (tertiary/aromatic N) is 1. The molecule has 0 aromatic carbocycles. The first kappa shape index (κ1) is 14.7. The van der Waals surface area contributed by atoms with E-state index in [0.717, 1.165) is 32.4 Å². The second-order valence-corrected chi connectivity index (χ2v) is 5.97. The van der Waals surface area contributed by atoms with Gasteiger partial charge in [0.05, 0.1) is 5.01 Å². The molecule has 0 spiro atoms. The van der Waals surface area contributed by atoms with Crippen LogP contribution in [-0.2, 0) is 0 Å². The molecule has 110 valence electrons. The number of amides is 3. The van der Waals surface area contributed by atoms with Crippen LogP contribution in [-0.4, -0.2) is 36.1 Å². The lowest BCUT2D eigenvalue weighted by atomic mass is 10.1. The standard InChI is InChI=1S/C12H19N5O2S/c1-7-15-9(11(20-7)17-12(13)19)10(18)16-8-4-2-3-5-14-6-8/h8,14H,2-6H2,1H3,(H,16,18)(H3,13,17,19)/t8-/m0/s1. The summed E-state index contributed by atoms with van der Waals surface area (Å²) >= 11 is 1.24. The molecule has 7 nitrogen and oxygen atoms in total. The van der Waals surface area contributed by atoms with Crippen molar-refractivity contribution < 1.29 is 9.59 Å². The van der Waals surface area contributed by atoms with Gasteiger partial charge in [0.15, 0.2) is 5.69 Å². The molecule has 8 heteroatoms. The summed E-state index contributed by atoms with van der Waals surface area (Å²) in [5.41, 5.74) is 5.33. The van der Waals surface area contributed by atoms with Crippen LogP contribution in [0.1, 0.15) is 34.8 Å². The Bertz CT molecular complexity index is 494. The van der Waals surface area contributed by atoms with Crippen LogP contribution in [0.5, 0.6) is 0 Å². The highest BCUT2D eigenvalue weighted by Gasteiger charge is 2.21. The number of thiazole rings is 1. The Morgan fingerprint density at radius 3 is 3.00 bits per heavy atom. The maximum Gasteiger partial charge on any atom is 0.317 e. The number of urea groups is 1. The predicted octanol–water partition coefficient (Wildman–Crippen LogP) is 0.814. The fourth-order valence-corrected chi connectivity index (χ4v) is 2.99. The van der Waals surface area contributed by atoms with Crippen LogP contribution in [0.15, 0.2) is 0 Å². The van der Waals surface area contributed by atoms with Crippen LogP contribution in [0.25, 0.3) is 0 Å². The Kier molecular flexibility index (Phi) is 4.91. The molecule has 1 saturated heterocycles. The van der Waals surface area contributed by atoms with Gasteiger partial charge in [-0.15, -0.1) is 11.3 Å². The quantitative estimate of drug-likeness (QED) is 0.662. The summed E-state index contributed by atoms with van der Waals surface area (Å²) in [5.74, 6) is -0.271. The topological polar surface area (TPSA) is 109 Å². The molecule has 3 amide bonds. The molecule has 1 aliphatic heterocycles. The summed E-state index contributed by atoms with van der Waals surface area (Å²) in [4.78, 5) is 27.4. The van der Waals surface area contributed by atoms with Crippen LogP contribution >= 0.6 is 11.3 Å². The summed E-state index contributed by atoms with van der Waals surface area (Å²) < 4.78 is 0. The lowest BCUT2D eigenvalue weighted by Gasteiger charge is -2.15. The lowest BCUT2D eigenvalue weighted by molar-refractivity contribution is 0.0932. The van der Waals surface area contributed by atoms with Crippen molar-refractivity contribution in [3.63, 3.8) is 0 Å². The number of carbonyl (C=O) groups excluding carboxylic acids is 2. The number of anilines is 1. The van der Waals surface area contributed by atoms with Crippen LogP contribution in [0, 0.1) is 6.92 Å². The Labute approximate surface area is 121 Å². The second-order valence-electron chi connectivity index (χ2n) is 4.77. The highest BCUT2D eigenvalue weighted by molar-refractivity contribution is 7.16. The zero-order chi connectivity index (χ0) is 14.5. The first-order valence-corrected chi connectivity index (χ1v) is 7.43. The third-order valence-electron chi connectivity index (χ3n) is 3.07. The number of hydrogen-bond acceptors (Lipinski definition) is 5. The van der Waals surface area contributed by atoms with Crippen molar-refractivity contribution >= 4 is 28.3 Å². The van der Waals surface area contributed by atoms with Crippen molar-refractivity contribution in [3.8, 4) is 0 Å². The SMILES string of the molecule is Cc1nc(C(=O)N[C@H]2CCCCNC2)c(NC(N)=O)s1. The summed E-state index contributed by atoms with van der Waals surface area (Å²) in [5, 5.41) is 9.78. The molecule has 1 aromatic heterocycles. The largest absolute Gasteiger partial charge is 0.351 e. The molecule has 20 heavy (non-hydrogen) atoms. The molecule has 2 heterocycles. The van der Waals surface area contributed by atoms with Crippen molar-refractivity contribution in [2.45, 2.75) is 32.2 Å².